The molecule has 2 saturated heterocycles. The van der Waals surface area contributed by atoms with Gasteiger partial charge in [0.05, 0.1) is 13.2 Å². The molecule has 0 spiro atoms. The van der Waals surface area contributed by atoms with E-state index in [0.29, 0.717) is 0 Å². The zero-order valence-electron chi connectivity index (χ0n) is 15.6. The minimum absolute atomic E-state index is 0.660. The van der Waals surface area contributed by atoms with Crippen LogP contribution >= 0.6 is 0 Å². The van der Waals surface area contributed by atoms with E-state index in [1.807, 2.05) is 0 Å². The molecule has 0 aromatic carbocycles. The van der Waals surface area contributed by atoms with Crippen LogP contribution in [0.4, 0.5) is 0 Å². The molecular formula is C14H25NO14S. The highest BCUT2D eigenvalue weighted by Crippen LogP contribution is 2.30. The number of aliphatic hydroxyl groups excluding tert-OH is 6. The standard InChI is InChI=1S/C14H25NO14S/c1-4(18)15-7-11(8(19)5(2-16)26-13(7)22)28-14-10(21)12(29-30(23,24)25)9(20)6(3-17)27-14/h5-14,16-17,19-22H,2-3H2,1H3,(H,15,18)(H,23,24,25)/t5-,6-,7-,8-,9+,10-,11-,12+,13-,14+/m1/s1. The van der Waals surface area contributed by atoms with Gasteiger partial charge in [-0.3, -0.25) is 9.35 Å². The monoisotopic (exact) mass is 463 g/mol. The van der Waals surface area contributed by atoms with Crippen LogP contribution in [0.3, 0.4) is 0 Å². The number of aliphatic hydroxyl groups is 6. The van der Waals surface area contributed by atoms with Crippen molar-refractivity contribution in [2.45, 2.75) is 68.3 Å². The zero-order chi connectivity index (χ0) is 22.8. The summed E-state index contributed by atoms with van der Waals surface area (Å²) in [7, 11) is -5.15. The molecule has 15 nitrogen and oxygen atoms in total. The predicted molar refractivity (Wildman–Crippen MR) is 90.6 cm³/mol. The zero-order valence-corrected chi connectivity index (χ0v) is 16.4. The Bertz CT molecular complexity index is 690. The minimum atomic E-state index is -5.15. The van der Waals surface area contributed by atoms with E-state index in [0.717, 1.165) is 6.92 Å². The van der Waals surface area contributed by atoms with Gasteiger partial charge in [0.2, 0.25) is 5.91 Å². The minimum Gasteiger partial charge on any atom is -0.394 e. The molecule has 10 atom stereocenters. The van der Waals surface area contributed by atoms with Gasteiger partial charge < -0.3 is 50.2 Å². The van der Waals surface area contributed by atoms with Crippen LogP contribution in [0, 0.1) is 0 Å². The number of nitrogens with one attached hydrogen (secondary N) is 1. The molecule has 2 aliphatic rings. The third-order valence-corrected chi connectivity index (χ3v) is 5.05. The molecular weight excluding hydrogens is 438 g/mol. The second-order valence-corrected chi connectivity index (χ2v) is 7.81. The molecule has 0 aromatic heterocycles. The summed E-state index contributed by atoms with van der Waals surface area (Å²) in [5.41, 5.74) is 0. The van der Waals surface area contributed by atoms with E-state index in [2.05, 4.69) is 9.50 Å². The maximum Gasteiger partial charge on any atom is 0.397 e. The fourth-order valence-corrected chi connectivity index (χ4v) is 3.72. The van der Waals surface area contributed by atoms with Crippen molar-refractivity contribution in [2.75, 3.05) is 13.2 Å². The fraction of sp³-hybridized carbons (Fsp3) is 0.929. The lowest BCUT2D eigenvalue weighted by Crippen LogP contribution is -2.67. The molecule has 8 N–H and O–H groups in total. The quantitative estimate of drug-likeness (QED) is 0.164. The summed E-state index contributed by atoms with van der Waals surface area (Å²) in [6.07, 6.45) is -15.8. The van der Waals surface area contributed by atoms with E-state index in [-0.39, 0.29) is 0 Å². The first kappa shape index (κ1) is 25.2. The number of ether oxygens (including phenoxy) is 3. The van der Waals surface area contributed by atoms with Gasteiger partial charge in [-0.25, -0.2) is 4.18 Å². The van der Waals surface area contributed by atoms with Crippen molar-refractivity contribution in [3.8, 4) is 0 Å². The third kappa shape index (κ3) is 5.81. The molecule has 2 heterocycles. The summed E-state index contributed by atoms with van der Waals surface area (Å²) in [5, 5.41) is 61.8. The smallest absolute Gasteiger partial charge is 0.394 e. The number of amides is 1. The molecule has 2 aliphatic heterocycles. The highest BCUT2D eigenvalue weighted by Gasteiger charge is 2.52. The van der Waals surface area contributed by atoms with Gasteiger partial charge in [0.15, 0.2) is 12.6 Å². The van der Waals surface area contributed by atoms with E-state index < -0.39 is 90.9 Å². The second kappa shape index (κ2) is 10.1. The Kier molecular flexibility index (Phi) is 8.47. The van der Waals surface area contributed by atoms with E-state index in [1.54, 1.807) is 0 Å². The van der Waals surface area contributed by atoms with Crippen LogP contribution in [-0.4, -0.2) is 124 Å². The van der Waals surface area contributed by atoms with Crippen molar-refractivity contribution >= 4 is 16.3 Å². The molecule has 1 amide bonds. The lowest BCUT2D eigenvalue weighted by Gasteiger charge is -2.46. The molecule has 16 heteroatoms. The van der Waals surface area contributed by atoms with Gasteiger partial charge in [-0.05, 0) is 0 Å². The van der Waals surface area contributed by atoms with E-state index in [9.17, 15) is 43.9 Å². The van der Waals surface area contributed by atoms with Gasteiger partial charge in [0, 0.05) is 6.92 Å². The number of carbonyl (C=O) groups is 1. The summed E-state index contributed by atoms with van der Waals surface area (Å²) < 4.78 is 50.8. The Balaban J connectivity index is 2.30. The maximum absolute atomic E-state index is 11.4. The summed E-state index contributed by atoms with van der Waals surface area (Å²) in [6, 6.07) is -1.42. The van der Waals surface area contributed by atoms with Crippen molar-refractivity contribution in [1.82, 2.24) is 5.32 Å². The Morgan fingerprint density at radius 3 is 2.00 bits per heavy atom. The van der Waals surface area contributed by atoms with Crippen LogP contribution in [0.25, 0.3) is 0 Å². The second-order valence-electron chi connectivity index (χ2n) is 6.76. The summed E-state index contributed by atoms with van der Waals surface area (Å²) in [4.78, 5) is 11.4. The molecule has 0 aromatic rings. The van der Waals surface area contributed by atoms with Crippen molar-refractivity contribution in [1.29, 1.82) is 0 Å². The topological polar surface area (TPSA) is 242 Å². The van der Waals surface area contributed by atoms with E-state index in [4.69, 9.17) is 18.8 Å². The largest absolute Gasteiger partial charge is 0.397 e. The number of hydrogen-bond acceptors (Lipinski definition) is 13. The van der Waals surface area contributed by atoms with E-state index >= 15 is 0 Å². The molecule has 2 fully saturated rings. The third-order valence-electron chi connectivity index (χ3n) is 4.59. The molecule has 0 unspecified atom stereocenters. The molecule has 176 valence electrons. The van der Waals surface area contributed by atoms with Crippen molar-refractivity contribution in [3.05, 3.63) is 0 Å². The number of carbonyl (C=O) groups excluding carboxylic acids is 1. The molecule has 0 saturated carbocycles. The van der Waals surface area contributed by atoms with Crippen LogP contribution in [0.1, 0.15) is 6.92 Å². The van der Waals surface area contributed by atoms with Crippen LogP contribution < -0.4 is 5.32 Å². The molecule has 0 aliphatic carbocycles. The molecule has 30 heavy (non-hydrogen) atoms. The van der Waals surface area contributed by atoms with Crippen LogP contribution in [-0.2, 0) is 33.6 Å². The molecule has 0 radical (unpaired) electrons. The fourth-order valence-electron chi connectivity index (χ4n) is 3.21. The van der Waals surface area contributed by atoms with E-state index in [1.165, 1.54) is 0 Å². The normalized spacial score (nSPS) is 42.7. The highest BCUT2D eigenvalue weighted by molar-refractivity contribution is 7.80. The van der Waals surface area contributed by atoms with Crippen molar-refractivity contribution < 1.29 is 66.8 Å². The first-order chi connectivity index (χ1) is 13.9. The average Bonchev–Trinajstić information content (AvgIpc) is 2.64. The van der Waals surface area contributed by atoms with Crippen molar-refractivity contribution in [2.24, 2.45) is 0 Å². The lowest BCUT2D eigenvalue weighted by molar-refractivity contribution is -0.339. The van der Waals surface area contributed by atoms with Gasteiger partial charge >= 0.3 is 10.4 Å². The van der Waals surface area contributed by atoms with Gasteiger partial charge in [0.1, 0.15) is 48.8 Å². The van der Waals surface area contributed by atoms with Crippen LogP contribution in [0.15, 0.2) is 0 Å². The van der Waals surface area contributed by atoms with Crippen LogP contribution in [0.5, 0.6) is 0 Å². The summed E-state index contributed by atoms with van der Waals surface area (Å²) in [5.74, 6) is -0.660. The Morgan fingerprint density at radius 2 is 1.50 bits per heavy atom. The first-order valence-corrected chi connectivity index (χ1v) is 10.1. The van der Waals surface area contributed by atoms with Gasteiger partial charge in [-0.2, -0.15) is 8.42 Å². The van der Waals surface area contributed by atoms with Gasteiger partial charge in [0.25, 0.3) is 0 Å². The highest BCUT2D eigenvalue weighted by atomic mass is 32.3. The average molecular weight is 463 g/mol. The number of hydrogen-bond donors (Lipinski definition) is 8. The Hall–Kier alpha value is -1.02. The summed E-state index contributed by atoms with van der Waals surface area (Å²) in [6.45, 7) is -0.549. The lowest BCUT2D eigenvalue weighted by atomic mass is 9.95. The molecule has 2 rings (SSSR count). The van der Waals surface area contributed by atoms with Gasteiger partial charge in [-0.15, -0.1) is 0 Å². The number of rotatable bonds is 7. The Morgan fingerprint density at radius 1 is 0.967 bits per heavy atom. The first-order valence-electron chi connectivity index (χ1n) is 8.72. The van der Waals surface area contributed by atoms with Crippen LogP contribution in [0.2, 0.25) is 0 Å². The van der Waals surface area contributed by atoms with Gasteiger partial charge in [-0.1, -0.05) is 0 Å². The molecule has 0 bridgehead atoms. The Labute approximate surface area is 170 Å². The predicted octanol–water partition coefficient (Wildman–Crippen LogP) is -5.43. The van der Waals surface area contributed by atoms with Crippen molar-refractivity contribution in [3.63, 3.8) is 0 Å². The maximum atomic E-state index is 11.4. The summed E-state index contributed by atoms with van der Waals surface area (Å²) >= 11 is 0. The SMILES string of the molecule is CC(=O)N[C@@H]1[C@@H](O[C@@H]2O[C@H](CO)[C@H](O)[C@H](OS(=O)(=O)O)[C@H]2O)[C@H](O)[C@@H](CO)O[C@H]1O.